The van der Waals surface area contributed by atoms with E-state index in [1.54, 1.807) is 36.3 Å². The van der Waals surface area contributed by atoms with Crippen LogP contribution in [0.1, 0.15) is 30.4 Å². The fourth-order valence-electron chi connectivity index (χ4n) is 3.80. The van der Waals surface area contributed by atoms with E-state index in [0.717, 1.165) is 46.0 Å². The number of carbonyl (C=O) groups excluding carboxylic acids is 3. The summed E-state index contributed by atoms with van der Waals surface area (Å²) < 4.78 is 12.4. The van der Waals surface area contributed by atoms with Crippen molar-refractivity contribution in [1.29, 1.82) is 0 Å². The monoisotopic (exact) mass is 544 g/mol. The molecular weight excluding hydrogens is 520 g/mol. The van der Waals surface area contributed by atoms with Gasteiger partial charge in [0.2, 0.25) is 5.91 Å². The summed E-state index contributed by atoms with van der Waals surface area (Å²) in [5.74, 6) is 0.459. The molecule has 0 aromatic heterocycles. The van der Waals surface area contributed by atoms with Gasteiger partial charge >= 0.3 is 0 Å². The fourth-order valence-corrected chi connectivity index (χ4v) is 4.90. The largest absolute Gasteiger partial charge is 0.493 e. The quantitative estimate of drug-likeness (QED) is 0.452. The van der Waals surface area contributed by atoms with Crippen LogP contribution in [0.5, 0.6) is 11.5 Å². The summed E-state index contributed by atoms with van der Waals surface area (Å²) in [4.78, 5) is 40.8. The standard InChI is InChI=1S/C25H25BrN2O5S/c1-32-21-13-18(7-10-20(21)33-16-17-5-8-19(26)9-6-17)14-22-24(30)28(25(31)34-22)15-23(29)27-11-3-2-4-12-27/h5-10,13-14H,2-4,11-12,15-16H2,1H3/b22-14-. The van der Waals surface area contributed by atoms with Crippen molar-refractivity contribution in [2.75, 3.05) is 26.7 Å². The molecule has 0 radical (unpaired) electrons. The van der Waals surface area contributed by atoms with Crippen LogP contribution >= 0.6 is 27.7 Å². The van der Waals surface area contributed by atoms with E-state index in [1.165, 1.54) is 0 Å². The predicted molar refractivity (Wildman–Crippen MR) is 135 cm³/mol. The van der Waals surface area contributed by atoms with Crippen LogP contribution in [0, 0.1) is 0 Å². The molecule has 2 aromatic rings. The molecule has 0 atom stereocenters. The van der Waals surface area contributed by atoms with Crippen LogP contribution in [-0.4, -0.2) is 53.6 Å². The number of benzene rings is 2. The molecule has 3 amide bonds. The molecule has 2 fully saturated rings. The van der Waals surface area contributed by atoms with Gasteiger partial charge in [-0.1, -0.05) is 34.1 Å². The van der Waals surface area contributed by atoms with Gasteiger partial charge in [-0.3, -0.25) is 19.3 Å². The Bertz CT molecular complexity index is 1110. The van der Waals surface area contributed by atoms with E-state index in [0.29, 0.717) is 36.8 Å². The molecule has 2 saturated heterocycles. The van der Waals surface area contributed by atoms with Crippen molar-refractivity contribution in [3.8, 4) is 11.5 Å². The first kappa shape index (κ1) is 24.3. The number of piperidine rings is 1. The molecule has 7 nitrogen and oxygen atoms in total. The normalized spacial score (nSPS) is 17.4. The SMILES string of the molecule is COc1cc(/C=C2\SC(=O)N(CC(=O)N3CCCCC3)C2=O)ccc1OCc1ccc(Br)cc1. The number of amides is 3. The molecule has 34 heavy (non-hydrogen) atoms. The average Bonchev–Trinajstić information content (AvgIpc) is 3.11. The van der Waals surface area contributed by atoms with E-state index in [1.807, 2.05) is 24.3 Å². The number of likely N-dealkylation sites (tertiary alicyclic amines) is 1. The average molecular weight is 545 g/mol. The van der Waals surface area contributed by atoms with Crippen LogP contribution in [-0.2, 0) is 16.2 Å². The van der Waals surface area contributed by atoms with Crippen LogP contribution < -0.4 is 9.47 Å². The molecule has 0 spiro atoms. The molecule has 2 aliphatic rings. The minimum atomic E-state index is -0.449. The highest BCUT2D eigenvalue weighted by Crippen LogP contribution is 2.35. The Balaban J connectivity index is 1.43. The van der Waals surface area contributed by atoms with Crippen molar-refractivity contribution in [2.24, 2.45) is 0 Å². The fraction of sp³-hybridized carbons (Fsp3) is 0.320. The molecule has 9 heteroatoms. The Hall–Kier alpha value is -2.78. The van der Waals surface area contributed by atoms with E-state index < -0.39 is 11.1 Å². The van der Waals surface area contributed by atoms with Crippen molar-refractivity contribution >= 4 is 50.8 Å². The van der Waals surface area contributed by atoms with Gasteiger partial charge in [-0.25, -0.2) is 0 Å². The number of ether oxygens (including phenoxy) is 2. The third-order valence-corrected chi connectivity index (χ3v) is 7.10. The van der Waals surface area contributed by atoms with Crippen LogP contribution in [0.2, 0.25) is 0 Å². The number of methoxy groups -OCH3 is 1. The van der Waals surface area contributed by atoms with Gasteiger partial charge in [0.25, 0.3) is 11.1 Å². The number of carbonyl (C=O) groups is 3. The molecule has 0 unspecified atom stereocenters. The summed E-state index contributed by atoms with van der Waals surface area (Å²) >= 11 is 4.26. The number of hydrogen-bond donors (Lipinski definition) is 0. The van der Waals surface area contributed by atoms with Gasteiger partial charge in [0.1, 0.15) is 13.2 Å². The molecule has 4 rings (SSSR count). The molecule has 2 heterocycles. The minimum absolute atomic E-state index is 0.183. The number of rotatable bonds is 7. The van der Waals surface area contributed by atoms with Gasteiger partial charge in [-0.15, -0.1) is 0 Å². The van der Waals surface area contributed by atoms with E-state index >= 15 is 0 Å². The zero-order valence-electron chi connectivity index (χ0n) is 18.8. The van der Waals surface area contributed by atoms with Crippen LogP contribution in [0.3, 0.4) is 0 Å². The lowest BCUT2D eigenvalue weighted by atomic mass is 10.1. The zero-order chi connectivity index (χ0) is 24.1. The molecule has 178 valence electrons. The first-order valence-corrected chi connectivity index (χ1v) is 12.6. The van der Waals surface area contributed by atoms with Crippen molar-refractivity contribution in [3.05, 3.63) is 63.0 Å². The van der Waals surface area contributed by atoms with Crippen LogP contribution in [0.15, 0.2) is 51.8 Å². The highest BCUT2D eigenvalue weighted by atomic mass is 79.9. The summed E-state index contributed by atoms with van der Waals surface area (Å²) in [6.45, 7) is 1.53. The first-order valence-electron chi connectivity index (χ1n) is 11.0. The molecule has 0 aliphatic carbocycles. The molecule has 0 saturated carbocycles. The molecule has 0 bridgehead atoms. The molecular formula is C25H25BrN2O5S. The number of halogens is 1. The van der Waals surface area contributed by atoms with Crippen LogP contribution in [0.4, 0.5) is 4.79 Å². The number of imide groups is 1. The van der Waals surface area contributed by atoms with E-state index in [4.69, 9.17) is 9.47 Å². The summed E-state index contributed by atoms with van der Waals surface area (Å²) in [5, 5.41) is -0.428. The van der Waals surface area contributed by atoms with Crippen molar-refractivity contribution in [1.82, 2.24) is 9.80 Å². The maximum absolute atomic E-state index is 12.8. The lowest BCUT2D eigenvalue weighted by molar-refractivity contribution is -0.136. The van der Waals surface area contributed by atoms with Gasteiger partial charge in [-0.05, 0) is 72.5 Å². The Morgan fingerprint density at radius 3 is 2.50 bits per heavy atom. The van der Waals surface area contributed by atoms with E-state index in [2.05, 4.69) is 15.9 Å². The van der Waals surface area contributed by atoms with Crippen molar-refractivity contribution in [2.45, 2.75) is 25.9 Å². The van der Waals surface area contributed by atoms with E-state index in [-0.39, 0.29) is 17.4 Å². The van der Waals surface area contributed by atoms with Gasteiger partial charge in [-0.2, -0.15) is 0 Å². The Morgan fingerprint density at radius 1 is 1.06 bits per heavy atom. The zero-order valence-corrected chi connectivity index (χ0v) is 21.2. The van der Waals surface area contributed by atoms with Gasteiger partial charge < -0.3 is 14.4 Å². The van der Waals surface area contributed by atoms with Crippen molar-refractivity contribution in [3.63, 3.8) is 0 Å². The maximum Gasteiger partial charge on any atom is 0.294 e. The number of hydrogen-bond acceptors (Lipinski definition) is 6. The van der Waals surface area contributed by atoms with Gasteiger partial charge in [0.15, 0.2) is 11.5 Å². The lowest BCUT2D eigenvalue weighted by Crippen LogP contribution is -2.44. The summed E-state index contributed by atoms with van der Waals surface area (Å²) in [6, 6.07) is 13.2. The predicted octanol–water partition coefficient (Wildman–Crippen LogP) is 5.09. The summed E-state index contributed by atoms with van der Waals surface area (Å²) in [5.41, 5.74) is 1.71. The molecule has 2 aromatic carbocycles. The summed E-state index contributed by atoms with van der Waals surface area (Å²) in [7, 11) is 1.55. The second-order valence-corrected chi connectivity index (χ2v) is 9.94. The highest BCUT2D eigenvalue weighted by Gasteiger charge is 2.37. The van der Waals surface area contributed by atoms with Gasteiger partial charge in [0.05, 0.1) is 12.0 Å². The summed E-state index contributed by atoms with van der Waals surface area (Å²) in [6.07, 6.45) is 4.65. The molecule has 2 aliphatic heterocycles. The second-order valence-electron chi connectivity index (χ2n) is 8.03. The van der Waals surface area contributed by atoms with Crippen LogP contribution in [0.25, 0.3) is 6.08 Å². The minimum Gasteiger partial charge on any atom is -0.493 e. The molecule has 0 N–H and O–H groups in total. The third kappa shape index (κ3) is 5.82. The Kier molecular flexibility index (Phi) is 7.95. The smallest absolute Gasteiger partial charge is 0.294 e. The first-order chi connectivity index (χ1) is 16.4. The maximum atomic E-state index is 12.8. The second kappa shape index (κ2) is 11.1. The van der Waals surface area contributed by atoms with E-state index in [9.17, 15) is 14.4 Å². The number of nitrogens with zero attached hydrogens (tertiary/aromatic N) is 2. The van der Waals surface area contributed by atoms with Crippen molar-refractivity contribution < 1.29 is 23.9 Å². The Morgan fingerprint density at radius 2 is 1.79 bits per heavy atom. The Labute approximate surface area is 211 Å². The highest BCUT2D eigenvalue weighted by molar-refractivity contribution is 9.10. The topological polar surface area (TPSA) is 76.2 Å². The van der Waals surface area contributed by atoms with Gasteiger partial charge in [0, 0.05) is 17.6 Å². The number of thioether (sulfide) groups is 1. The third-order valence-electron chi connectivity index (χ3n) is 5.67. The lowest BCUT2D eigenvalue weighted by Gasteiger charge is -2.27.